The SMILES string of the molecule is O=C(O)c1cc(F)ccc1NC(=O)C1CC1. The van der Waals surface area contributed by atoms with Gasteiger partial charge in [-0.05, 0) is 31.0 Å². The second kappa shape index (κ2) is 3.92. The maximum Gasteiger partial charge on any atom is 0.337 e. The molecule has 0 unspecified atom stereocenters. The van der Waals surface area contributed by atoms with Crippen molar-refractivity contribution in [2.75, 3.05) is 5.32 Å². The molecule has 1 amide bonds. The maximum atomic E-state index is 12.8. The number of carboxylic acids is 1. The van der Waals surface area contributed by atoms with Gasteiger partial charge in [0.05, 0.1) is 11.3 Å². The number of anilines is 1. The first-order valence-corrected chi connectivity index (χ1v) is 4.91. The van der Waals surface area contributed by atoms with Crippen LogP contribution in [-0.2, 0) is 4.79 Å². The topological polar surface area (TPSA) is 66.4 Å². The predicted octanol–water partition coefficient (Wildman–Crippen LogP) is 1.87. The van der Waals surface area contributed by atoms with Crippen molar-refractivity contribution in [2.45, 2.75) is 12.8 Å². The first kappa shape index (κ1) is 10.6. The van der Waals surface area contributed by atoms with Gasteiger partial charge in [-0.2, -0.15) is 0 Å². The molecular formula is C11H10FNO3. The predicted molar refractivity (Wildman–Crippen MR) is 54.7 cm³/mol. The summed E-state index contributed by atoms with van der Waals surface area (Å²) in [4.78, 5) is 22.3. The molecule has 0 spiro atoms. The zero-order valence-corrected chi connectivity index (χ0v) is 8.37. The van der Waals surface area contributed by atoms with E-state index in [9.17, 15) is 14.0 Å². The maximum absolute atomic E-state index is 12.8. The Morgan fingerprint density at radius 2 is 2.06 bits per heavy atom. The summed E-state index contributed by atoms with van der Waals surface area (Å²) < 4.78 is 12.8. The number of aromatic carboxylic acids is 1. The Morgan fingerprint density at radius 3 is 2.62 bits per heavy atom. The van der Waals surface area contributed by atoms with Crippen molar-refractivity contribution in [2.24, 2.45) is 5.92 Å². The Morgan fingerprint density at radius 1 is 1.38 bits per heavy atom. The smallest absolute Gasteiger partial charge is 0.337 e. The van der Waals surface area contributed by atoms with Crippen LogP contribution in [0.4, 0.5) is 10.1 Å². The summed E-state index contributed by atoms with van der Waals surface area (Å²) in [6.45, 7) is 0. The minimum Gasteiger partial charge on any atom is -0.478 e. The summed E-state index contributed by atoms with van der Waals surface area (Å²) in [5, 5.41) is 11.3. The van der Waals surface area contributed by atoms with E-state index in [4.69, 9.17) is 5.11 Å². The Bertz CT molecular complexity index is 455. The molecule has 4 nitrogen and oxygen atoms in total. The van der Waals surface area contributed by atoms with Crippen LogP contribution in [-0.4, -0.2) is 17.0 Å². The number of hydrogen-bond donors (Lipinski definition) is 2. The molecule has 1 saturated carbocycles. The van der Waals surface area contributed by atoms with E-state index < -0.39 is 11.8 Å². The normalized spacial score (nSPS) is 14.6. The molecule has 84 valence electrons. The van der Waals surface area contributed by atoms with Crippen LogP contribution in [0.2, 0.25) is 0 Å². The molecule has 0 aliphatic heterocycles. The number of carboxylic acid groups (broad SMARTS) is 1. The monoisotopic (exact) mass is 223 g/mol. The zero-order chi connectivity index (χ0) is 11.7. The first-order valence-electron chi connectivity index (χ1n) is 4.91. The highest BCUT2D eigenvalue weighted by molar-refractivity contribution is 6.01. The number of carbonyl (C=O) groups excluding carboxylic acids is 1. The van der Waals surface area contributed by atoms with Crippen LogP contribution in [0.15, 0.2) is 18.2 Å². The van der Waals surface area contributed by atoms with E-state index in [-0.39, 0.29) is 23.1 Å². The number of hydrogen-bond acceptors (Lipinski definition) is 2. The summed E-state index contributed by atoms with van der Waals surface area (Å²) >= 11 is 0. The number of nitrogens with one attached hydrogen (secondary N) is 1. The lowest BCUT2D eigenvalue weighted by Crippen LogP contribution is -2.16. The molecule has 1 aromatic rings. The molecule has 2 rings (SSSR count). The van der Waals surface area contributed by atoms with Gasteiger partial charge in [0, 0.05) is 5.92 Å². The van der Waals surface area contributed by atoms with Gasteiger partial charge < -0.3 is 10.4 Å². The minimum absolute atomic E-state index is 0.0216. The van der Waals surface area contributed by atoms with E-state index in [0.717, 1.165) is 25.0 Å². The summed E-state index contributed by atoms with van der Waals surface area (Å²) in [5.74, 6) is -2.12. The highest BCUT2D eigenvalue weighted by Gasteiger charge is 2.30. The van der Waals surface area contributed by atoms with E-state index in [1.54, 1.807) is 0 Å². The third-order valence-corrected chi connectivity index (χ3v) is 2.42. The van der Waals surface area contributed by atoms with Gasteiger partial charge in [-0.1, -0.05) is 0 Å². The van der Waals surface area contributed by atoms with Gasteiger partial charge in [0.1, 0.15) is 5.82 Å². The van der Waals surface area contributed by atoms with Crippen molar-refractivity contribution in [1.29, 1.82) is 0 Å². The lowest BCUT2D eigenvalue weighted by atomic mass is 10.1. The molecule has 0 radical (unpaired) electrons. The summed E-state index contributed by atoms with van der Waals surface area (Å²) in [6.07, 6.45) is 1.66. The molecule has 1 aliphatic carbocycles. The van der Waals surface area contributed by atoms with Crippen LogP contribution in [0.25, 0.3) is 0 Å². The Hall–Kier alpha value is -1.91. The largest absolute Gasteiger partial charge is 0.478 e. The fourth-order valence-corrected chi connectivity index (χ4v) is 1.38. The Balaban J connectivity index is 2.24. The van der Waals surface area contributed by atoms with Gasteiger partial charge in [-0.25, -0.2) is 9.18 Å². The number of halogens is 1. The summed E-state index contributed by atoms with van der Waals surface area (Å²) in [7, 11) is 0. The van der Waals surface area contributed by atoms with Crippen LogP contribution in [0, 0.1) is 11.7 Å². The van der Waals surface area contributed by atoms with E-state index in [2.05, 4.69) is 5.32 Å². The third-order valence-electron chi connectivity index (χ3n) is 2.42. The second-order valence-corrected chi connectivity index (χ2v) is 3.76. The Labute approximate surface area is 91.1 Å². The van der Waals surface area contributed by atoms with E-state index >= 15 is 0 Å². The Kier molecular flexibility index (Phi) is 2.60. The fourth-order valence-electron chi connectivity index (χ4n) is 1.38. The summed E-state index contributed by atoms with van der Waals surface area (Å²) in [6, 6.07) is 3.28. The van der Waals surface area contributed by atoms with E-state index in [1.165, 1.54) is 6.07 Å². The van der Waals surface area contributed by atoms with E-state index in [1.807, 2.05) is 0 Å². The molecule has 0 aromatic heterocycles. The first-order chi connectivity index (χ1) is 7.58. The number of benzene rings is 1. The van der Waals surface area contributed by atoms with Gasteiger partial charge in [0.2, 0.25) is 5.91 Å². The molecule has 16 heavy (non-hydrogen) atoms. The molecule has 0 heterocycles. The standard InChI is InChI=1S/C11H10FNO3/c12-7-3-4-9(8(5-7)11(15)16)13-10(14)6-1-2-6/h3-6H,1-2H2,(H,13,14)(H,15,16). The van der Waals surface area contributed by atoms with Gasteiger partial charge in [0.15, 0.2) is 0 Å². The van der Waals surface area contributed by atoms with Crippen molar-refractivity contribution >= 4 is 17.6 Å². The quantitative estimate of drug-likeness (QED) is 0.822. The van der Waals surface area contributed by atoms with Crippen LogP contribution in [0.3, 0.4) is 0 Å². The molecule has 2 N–H and O–H groups in total. The molecule has 0 atom stereocenters. The van der Waals surface area contributed by atoms with E-state index in [0.29, 0.717) is 0 Å². The number of carbonyl (C=O) groups is 2. The zero-order valence-electron chi connectivity index (χ0n) is 8.37. The molecule has 0 saturated heterocycles. The average Bonchev–Trinajstić information content (AvgIpc) is 3.03. The van der Waals surface area contributed by atoms with Crippen molar-refractivity contribution in [1.82, 2.24) is 0 Å². The van der Waals surface area contributed by atoms with Crippen molar-refractivity contribution < 1.29 is 19.1 Å². The van der Waals surface area contributed by atoms with Gasteiger partial charge in [-0.15, -0.1) is 0 Å². The van der Waals surface area contributed by atoms with Gasteiger partial charge in [0.25, 0.3) is 0 Å². The van der Waals surface area contributed by atoms with Crippen LogP contribution >= 0.6 is 0 Å². The fraction of sp³-hybridized carbons (Fsp3) is 0.273. The van der Waals surface area contributed by atoms with Crippen LogP contribution in [0.5, 0.6) is 0 Å². The highest BCUT2D eigenvalue weighted by atomic mass is 19.1. The molecule has 0 bridgehead atoms. The minimum atomic E-state index is -1.26. The second-order valence-electron chi connectivity index (χ2n) is 3.76. The molecule has 5 heteroatoms. The van der Waals surface area contributed by atoms with Crippen LogP contribution in [0.1, 0.15) is 23.2 Å². The van der Waals surface area contributed by atoms with Crippen LogP contribution < -0.4 is 5.32 Å². The van der Waals surface area contributed by atoms with Crippen molar-refractivity contribution in [3.63, 3.8) is 0 Å². The molecule has 1 aliphatic rings. The average molecular weight is 223 g/mol. The summed E-state index contributed by atoms with van der Waals surface area (Å²) in [5.41, 5.74) is -0.0835. The number of rotatable bonds is 3. The molecule has 1 fully saturated rings. The van der Waals surface area contributed by atoms with Crippen molar-refractivity contribution in [3.8, 4) is 0 Å². The number of amides is 1. The molecule has 1 aromatic carbocycles. The third kappa shape index (κ3) is 2.18. The highest BCUT2D eigenvalue weighted by Crippen LogP contribution is 2.30. The van der Waals surface area contributed by atoms with Crippen molar-refractivity contribution in [3.05, 3.63) is 29.6 Å². The lowest BCUT2D eigenvalue weighted by molar-refractivity contribution is -0.117. The lowest BCUT2D eigenvalue weighted by Gasteiger charge is -2.07. The van der Waals surface area contributed by atoms with Gasteiger partial charge in [-0.3, -0.25) is 4.79 Å². The molecular weight excluding hydrogens is 213 g/mol. The van der Waals surface area contributed by atoms with Gasteiger partial charge >= 0.3 is 5.97 Å².